The van der Waals surface area contributed by atoms with Crippen molar-refractivity contribution in [2.75, 3.05) is 18.1 Å². The molecule has 1 aliphatic heterocycles. The summed E-state index contributed by atoms with van der Waals surface area (Å²) in [4.78, 5) is 26.6. The molecule has 2 fully saturated rings. The Balaban J connectivity index is 1.45. The van der Waals surface area contributed by atoms with Crippen LogP contribution in [0.3, 0.4) is 0 Å². The van der Waals surface area contributed by atoms with Crippen LogP contribution in [0.5, 0.6) is 5.75 Å². The number of benzene rings is 2. The molecule has 2 aromatic rings. The number of aromatic hydroxyl groups is 1. The summed E-state index contributed by atoms with van der Waals surface area (Å²) in [7, 11) is -3.12. The Morgan fingerprint density at radius 2 is 1.75 bits per heavy atom. The van der Waals surface area contributed by atoms with Gasteiger partial charge in [-0.05, 0) is 42.2 Å². The number of ether oxygens (including phenoxy) is 1. The zero-order valence-electron chi connectivity index (χ0n) is 15.2. The molecule has 1 aliphatic carbocycles. The minimum Gasteiger partial charge on any atom is -0.507 e. The van der Waals surface area contributed by atoms with Gasteiger partial charge in [0.1, 0.15) is 11.3 Å². The first-order chi connectivity index (χ1) is 13.3. The van der Waals surface area contributed by atoms with Crippen LogP contribution in [-0.4, -0.2) is 60.5 Å². The Morgan fingerprint density at radius 3 is 2.36 bits per heavy atom. The monoisotopic (exact) mass is 403 g/mol. The van der Waals surface area contributed by atoms with Crippen molar-refractivity contribution < 1.29 is 27.9 Å². The third-order valence-corrected chi connectivity index (χ3v) is 6.99. The molecule has 28 heavy (non-hydrogen) atoms. The lowest BCUT2D eigenvalue weighted by atomic mass is 10.1. The van der Waals surface area contributed by atoms with E-state index in [1.54, 1.807) is 4.90 Å². The number of nitrogens with zero attached hydrogens (tertiary/aromatic N) is 1. The average molecular weight is 403 g/mol. The first-order valence-electron chi connectivity index (χ1n) is 9.24. The Bertz CT molecular complexity index is 1040. The molecular weight excluding hydrogens is 382 g/mol. The normalized spacial score (nSPS) is 20.8. The summed E-state index contributed by atoms with van der Waals surface area (Å²) in [5.74, 6) is -1.34. The summed E-state index contributed by atoms with van der Waals surface area (Å²) < 4.78 is 28.7. The second-order valence-electron chi connectivity index (χ2n) is 7.38. The fraction of sp³-hybridized carbons (Fsp3) is 0.400. The molecule has 148 valence electrons. The fourth-order valence-electron chi connectivity index (χ4n) is 3.72. The number of phenols is 1. The maximum atomic E-state index is 12.6. The molecule has 1 saturated heterocycles. The van der Waals surface area contributed by atoms with E-state index in [-0.39, 0.29) is 34.9 Å². The van der Waals surface area contributed by atoms with Crippen molar-refractivity contribution in [2.24, 2.45) is 0 Å². The standard InChI is InChI=1S/C20H21NO6S/c22-18-10-14-4-2-1-3-13(14)9-17(18)20(24)27-11-19(23)21(15-5-6-15)16-7-8-28(25,26)12-16/h1-4,9-10,15-16,22H,5-8,11-12H2/t16-/m1/s1. The van der Waals surface area contributed by atoms with Gasteiger partial charge in [-0.2, -0.15) is 0 Å². The van der Waals surface area contributed by atoms with Crippen molar-refractivity contribution in [1.29, 1.82) is 0 Å². The van der Waals surface area contributed by atoms with Crippen molar-refractivity contribution in [3.8, 4) is 5.75 Å². The van der Waals surface area contributed by atoms with Gasteiger partial charge in [0.2, 0.25) is 0 Å². The van der Waals surface area contributed by atoms with E-state index in [1.165, 1.54) is 12.1 Å². The van der Waals surface area contributed by atoms with Crippen LogP contribution in [0.4, 0.5) is 0 Å². The number of amides is 1. The topological polar surface area (TPSA) is 101 Å². The molecule has 2 aliphatic rings. The predicted octanol–water partition coefficient (Wildman–Crippen LogP) is 1.88. The lowest BCUT2D eigenvalue weighted by Gasteiger charge is -2.28. The molecule has 0 spiro atoms. The zero-order valence-corrected chi connectivity index (χ0v) is 16.0. The highest BCUT2D eigenvalue weighted by molar-refractivity contribution is 7.91. The summed E-state index contributed by atoms with van der Waals surface area (Å²) >= 11 is 0. The molecule has 8 heteroatoms. The Kier molecular flexibility index (Phi) is 4.74. The van der Waals surface area contributed by atoms with Gasteiger partial charge in [-0.25, -0.2) is 13.2 Å². The van der Waals surface area contributed by atoms with E-state index >= 15 is 0 Å². The smallest absolute Gasteiger partial charge is 0.342 e. The van der Waals surface area contributed by atoms with E-state index in [2.05, 4.69) is 0 Å². The van der Waals surface area contributed by atoms with Crippen LogP contribution in [0, 0.1) is 0 Å². The molecule has 4 rings (SSSR count). The summed E-state index contributed by atoms with van der Waals surface area (Å²) in [6.45, 7) is -0.474. The Hall–Kier alpha value is -2.61. The molecule has 1 amide bonds. The van der Waals surface area contributed by atoms with E-state index in [4.69, 9.17) is 4.74 Å². The number of fused-ring (bicyclic) bond motifs is 1. The zero-order chi connectivity index (χ0) is 19.9. The van der Waals surface area contributed by atoms with Gasteiger partial charge in [-0.3, -0.25) is 4.79 Å². The number of hydrogen-bond acceptors (Lipinski definition) is 6. The maximum Gasteiger partial charge on any atom is 0.342 e. The molecule has 1 saturated carbocycles. The van der Waals surface area contributed by atoms with Gasteiger partial charge >= 0.3 is 5.97 Å². The van der Waals surface area contributed by atoms with Crippen LogP contribution in [-0.2, 0) is 19.4 Å². The average Bonchev–Trinajstić information content (AvgIpc) is 3.42. The molecule has 1 heterocycles. The minimum absolute atomic E-state index is 0.00656. The maximum absolute atomic E-state index is 12.6. The van der Waals surface area contributed by atoms with Crippen molar-refractivity contribution in [1.82, 2.24) is 4.90 Å². The third-order valence-electron chi connectivity index (χ3n) is 5.24. The van der Waals surface area contributed by atoms with Gasteiger partial charge in [0.05, 0.1) is 11.5 Å². The van der Waals surface area contributed by atoms with Crippen molar-refractivity contribution in [3.05, 3.63) is 42.0 Å². The molecule has 7 nitrogen and oxygen atoms in total. The van der Waals surface area contributed by atoms with Crippen molar-refractivity contribution >= 4 is 32.5 Å². The van der Waals surface area contributed by atoms with E-state index < -0.39 is 28.3 Å². The molecule has 0 unspecified atom stereocenters. The number of phenolic OH excluding ortho intramolecular Hbond substituents is 1. The summed E-state index contributed by atoms with van der Waals surface area (Å²) in [6.07, 6.45) is 2.09. The van der Waals surface area contributed by atoms with Crippen LogP contribution in [0.15, 0.2) is 36.4 Å². The highest BCUT2D eigenvalue weighted by atomic mass is 32.2. The van der Waals surface area contributed by atoms with E-state index in [1.807, 2.05) is 24.3 Å². The molecule has 0 bridgehead atoms. The molecule has 2 aromatic carbocycles. The molecule has 0 radical (unpaired) electrons. The van der Waals surface area contributed by atoms with Crippen molar-refractivity contribution in [2.45, 2.75) is 31.3 Å². The molecular formula is C20H21NO6S. The number of rotatable bonds is 5. The highest BCUT2D eigenvalue weighted by Gasteiger charge is 2.42. The number of sulfone groups is 1. The van der Waals surface area contributed by atoms with Gasteiger partial charge in [0, 0.05) is 12.1 Å². The SMILES string of the molecule is O=C(OCC(=O)N(C1CC1)[C@@H]1CCS(=O)(=O)C1)c1cc2ccccc2cc1O. The first-order valence-corrected chi connectivity index (χ1v) is 11.1. The Labute approximate surface area is 162 Å². The lowest BCUT2D eigenvalue weighted by Crippen LogP contribution is -2.44. The van der Waals surface area contributed by atoms with Gasteiger partial charge in [-0.1, -0.05) is 24.3 Å². The third kappa shape index (κ3) is 3.82. The molecule has 0 aromatic heterocycles. The number of esters is 1. The molecule has 1 N–H and O–H groups in total. The van der Waals surface area contributed by atoms with Gasteiger partial charge in [0.25, 0.3) is 5.91 Å². The van der Waals surface area contributed by atoms with Crippen LogP contribution < -0.4 is 0 Å². The van der Waals surface area contributed by atoms with Gasteiger partial charge < -0.3 is 14.7 Å². The first kappa shape index (κ1) is 18.7. The van der Waals surface area contributed by atoms with Gasteiger partial charge in [-0.15, -0.1) is 0 Å². The predicted molar refractivity (Wildman–Crippen MR) is 103 cm³/mol. The Morgan fingerprint density at radius 1 is 1.07 bits per heavy atom. The van der Waals surface area contributed by atoms with Crippen LogP contribution in [0.25, 0.3) is 10.8 Å². The van der Waals surface area contributed by atoms with Crippen molar-refractivity contribution in [3.63, 3.8) is 0 Å². The number of hydrogen-bond donors (Lipinski definition) is 1. The van der Waals surface area contributed by atoms with E-state index in [0.717, 1.165) is 23.6 Å². The van der Waals surface area contributed by atoms with Gasteiger partial charge in [0.15, 0.2) is 16.4 Å². The second-order valence-corrected chi connectivity index (χ2v) is 9.61. The highest BCUT2D eigenvalue weighted by Crippen LogP contribution is 2.32. The minimum atomic E-state index is -3.12. The number of carbonyl (C=O) groups is 2. The summed E-state index contributed by atoms with van der Waals surface area (Å²) in [5, 5.41) is 11.7. The van der Waals surface area contributed by atoms with Crippen LogP contribution in [0.2, 0.25) is 0 Å². The molecule has 1 atom stereocenters. The fourth-order valence-corrected chi connectivity index (χ4v) is 5.44. The van der Waals surface area contributed by atoms with E-state index in [0.29, 0.717) is 6.42 Å². The summed E-state index contributed by atoms with van der Waals surface area (Å²) in [5.41, 5.74) is -0.00656. The van der Waals surface area contributed by atoms with E-state index in [9.17, 15) is 23.1 Å². The van der Waals surface area contributed by atoms with Crippen LogP contribution in [0.1, 0.15) is 29.6 Å². The second kappa shape index (κ2) is 7.09. The lowest BCUT2D eigenvalue weighted by molar-refractivity contribution is -0.137. The van der Waals surface area contributed by atoms with Crippen LogP contribution >= 0.6 is 0 Å². The summed E-state index contributed by atoms with van der Waals surface area (Å²) in [6, 6.07) is 9.96. The quantitative estimate of drug-likeness (QED) is 0.765. The largest absolute Gasteiger partial charge is 0.507 e. The number of carbonyl (C=O) groups excluding carboxylic acids is 2.